The van der Waals surface area contributed by atoms with Crippen LogP contribution in [-0.4, -0.2) is 97.2 Å². The molecule has 14 heteroatoms. The van der Waals surface area contributed by atoms with Crippen LogP contribution in [0, 0.1) is 0 Å². The fraction of sp³-hybridized carbons (Fsp3) is 0.757. The normalized spacial score (nSPS) is 23.2. The van der Waals surface area contributed by atoms with Crippen LogP contribution in [0.4, 0.5) is 4.79 Å². The van der Waals surface area contributed by atoms with Gasteiger partial charge in [-0.15, -0.1) is 0 Å². The van der Waals surface area contributed by atoms with Gasteiger partial charge < -0.3 is 45.4 Å². The van der Waals surface area contributed by atoms with Gasteiger partial charge in [-0.3, -0.25) is 9.59 Å². The molecule has 0 fully saturated rings. The van der Waals surface area contributed by atoms with Gasteiger partial charge in [-0.2, -0.15) is 0 Å². The molecule has 0 saturated heterocycles. The van der Waals surface area contributed by atoms with Crippen LogP contribution < -0.4 is 21.7 Å². The number of ether oxygens (including phenoxy) is 5. The Kier molecular flexibility index (Phi) is 20.0. The van der Waals surface area contributed by atoms with Gasteiger partial charge in [0.2, 0.25) is 11.8 Å². The Balaban J connectivity index is 0.000000530. The number of nitrogens with two attached hydrogens (primary N) is 1. The molecule has 2 rings (SSSR count). The van der Waals surface area contributed by atoms with Gasteiger partial charge in [0.25, 0.3) is 0 Å². The van der Waals surface area contributed by atoms with Crippen LogP contribution in [0.15, 0.2) is 23.3 Å². The third-order valence-electron chi connectivity index (χ3n) is 8.27. The number of esters is 2. The van der Waals surface area contributed by atoms with Crippen molar-refractivity contribution in [2.45, 2.75) is 169 Å². The Morgan fingerprint density at radius 2 is 1.12 bits per heavy atom. The van der Waals surface area contributed by atoms with Gasteiger partial charge >= 0.3 is 18.0 Å². The topological polar surface area (TPSA) is 194 Å². The number of carbonyl (C=O) groups excluding carboxylic acids is 5. The molecule has 0 aromatic heterocycles. The molecule has 0 unspecified atom stereocenters. The Labute approximate surface area is 304 Å². The third kappa shape index (κ3) is 16.2. The molecule has 0 heterocycles. The maximum Gasteiger partial charge on any atom is 0.407 e. The number of carbonyl (C=O) groups is 5. The molecular weight excluding hydrogens is 660 g/mol. The molecule has 6 atom stereocenters. The van der Waals surface area contributed by atoms with Crippen LogP contribution in [0.5, 0.6) is 0 Å². The van der Waals surface area contributed by atoms with E-state index in [1.54, 1.807) is 46.8 Å². The molecule has 0 spiro atoms. The minimum atomic E-state index is -0.673. The quantitative estimate of drug-likeness (QED) is 0.140. The summed E-state index contributed by atoms with van der Waals surface area (Å²) in [5, 5.41) is 8.50. The van der Waals surface area contributed by atoms with E-state index in [-0.39, 0.29) is 55.1 Å². The summed E-state index contributed by atoms with van der Waals surface area (Å²) in [5.41, 5.74) is 6.41. The Bertz CT molecular complexity index is 1210. The summed E-state index contributed by atoms with van der Waals surface area (Å²) in [6, 6.07) is -1.85. The lowest BCUT2D eigenvalue weighted by molar-refractivity contribution is -0.140. The summed E-state index contributed by atoms with van der Waals surface area (Å²) in [6.07, 6.45) is 5.69. The number of amides is 3. The summed E-state index contributed by atoms with van der Waals surface area (Å²) in [5.74, 6) is -1.23. The molecule has 2 aliphatic carbocycles. The van der Waals surface area contributed by atoms with Gasteiger partial charge in [0.05, 0.1) is 55.8 Å². The van der Waals surface area contributed by atoms with Crippen molar-refractivity contribution in [3.8, 4) is 0 Å². The van der Waals surface area contributed by atoms with Crippen LogP contribution >= 0.6 is 0 Å². The molecule has 0 radical (unpaired) electrons. The first-order chi connectivity index (χ1) is 23.9. The molecule has 2 aliphatic rings. The highest BCUT2D eigenvalue weighted by Gasteiger charge is 2.39. The molecule has 0 aliphatic heterocycles. The van der Waals surface area contributed by atoms with E-state index in [1.807, 2.05) is 27.7 Å². The van der Waals surface area contributed by atoms with Gasteiger partial charge in [-0.05, 0) is 78.9 Å². The van der Waals surface area contributed by atoms with Crippen molar-refractivity contribution in [2.75, 3.05) is 13.2 Å². The average Bonchev–Trinajstić information content (AvgIpc) is 3.04. The summed E-state index contributed by atoms with van der Waals surface area (Å²) in [4.78, 5) is 60.0. The Morgan fingerprint density at radius 1 is 0.706 bits per heavy atom. The first kappa shape index (κ1) is 45.5. The van der Waals surface area contributed by atoms with Crippen molar-refractivity contribution in [3.63, 3.8) is 0 Å². The molecule has 51 heavy (non-hydrogen) atoms. The zero-order valence-electron chi connectivity index (χ0n) is 32.6. The van der Waals surface area contributed by atoms with Crippen molar-refractivity contribution in [1.29, 1.82) is 0 Å². The van der Waals surface area contributed by atoms with E-state index in [1.165, 1.54) is 13.8 Å². The standard InChI is InChI=1S/C21H36N2O6.C16H28N2O4/c1-8-15(9-2)28-17-12-14(19(25)27-10-3)11-16(18(17)22-13(4)24)23-20(26)29-21(5,6)7;1-5-12(6-2)22-14-9-11(16(20)21-7-3)8-13(17)15(14)18-10(4)19/h12,15-18H,8-11H2,1-7H3,(H,22,24)(H,23,26);9,12-15H,5-8,17H2,1-4H3,(H,18,19)/t16-,17+,18+;13-,14+,15+/m00/s1. The SMILES string of the molecule is CCOC(=O)C1=C[C@@H](OC(CC)CC)[C@H](NC(C)=O)[C@@H](N)C1.CCOC(=O)C1=C[C@@H](OC(CC)CC)[C@H](NC(C)=O)[C@@H](NC(=O)OC(C)(C)C)C1. The molecule has 292 valence electrons. The predicted octanol–water partition coefficient (Wildman–Crippen LogP) is 4.14. The molecule has 0 aromatic carbocycles. The second-order valence-electron chi connectivity index (χ2n) is 13.7. The fourth-order valence-electron chi connectivity index (χ4n) is 5.80. The van der Waals surface area contributed by atoms with E-state index in [9.17, 15) is 24.0 Å². The molecule has 3 amide bonds. The highest BCUT2D eigenvalue weighted by Crippen LogP contribution is 2.26. The van der Waals surface area contributed by atoms with Crippen molar-refractivity contribution < 1.29 is 47.7 Å². The monoisotopic (exact) mass is 724 g/mol. The summed E-state index contributed by atoms with van der Waals surface area (Å²) in [7, 11) is 0. The number of alkyl carbamates (subject to hydrolysis) is 1. The minimum Gasteiger partial charge on any atom is -0.463 e. The predicted molar refractivity (Wildman–Crippen MR) is 193 cm³/mol. The van der Waals surface area contributed by atoms with Crippen molar-refractivity contribution in [1.82, 2.24) is 16.0 Å². The largest absolute Gasteiger partial charge is 0.463 e. The Hall–Kier alpha value is -3.49. The molecule has 0 saturated carbocycles. The van der Waals surface area contributed by atoms with Crippen molar-refractivity contribution in [2.24, 2.45) is 5.73 Å². The summed E-state index contributed by atoms with van der Waals surface area (Å²) >= 11 is 0. The van der Waals surface area contributed by atoms with E-state index in [0.717, 1.165) is 25.7 Å². The van der Waals surface area contributed by atoms with E-state index < -0.39 is 42.0 Å². The Morgan fingerprint density at radius 3 is 1.51 bits per heavy atom. The lowest BCUT2D eigenvalue weighted by Gasteiger charge is -2.38. The number of hydrogen-bond donors (Lipinski definition) is 4. The fourth-order valence-corrected chi connectivity index (χ4v) is 5.80. The van der Waals surface area contributed by atoms with Crippen LogP contribution in [-0.2, 0) is 42.9 Å². The zero-order valence-corrected chi connectivity index (χ0v) is 32.6. The second kappa shape index (κ2) is 22.4. The first-order valence-corrected chi connectivity index (χ1v) is 18.3. The number of hydrogen-bond acceptors (Lipinski definition) is 11. The lowest BCUT2D eigenvalue weighted by atomic mass is 9.87. The van der Waals surface area contributed by atoms with Gasteiger partial charge in [0.15, 0.2) is 0 Å². The van der Waals surface area contributed by atoms with E-state index in [4.69, 9.17) is 29.4 Å². The number of nitrogens with one attached hydrogen (secondary N) is 3. The van der Waals surface area contributed by atoms with E-state index >= 15 is 0 Å². The maximum absolute atomic E-state index is 12.4. The summed E-state index contributed by atoms with van der Waals surface area (Å²) < 4.78 is 27.8. The number of rotatable bonds is 15. The van der Waals surface area contributed by atoms with Gasteiger partial charge in [-0.1, -0.05) is 27.7 Å². The molecule has 14 nitrogen and oxygen atoms in total. The van der Waals surface area contributed by atoms with Crippen LogP contribution in [0.3, 0.4) is 0 Å². The van der Waals surface area contributed by atoms with E-state index in [0.29, 0.717) is 24.2 Å². The second-order valence-corrected chi connectivity index (χ2v) is 13.7. The maximum atomic E-state index is 12.4. The van der Waals surface area contributed by atoms with Gasteiger partial charge in [0, 0.05) is 37.5 Å². The molecule has 0 aromatic rings. The molecular formula is C37H64N4O10. The molecule has 5 N–H and O–H groups in total. The van der Waals surface area contributed by atoms with Crippen molar-refractivity contribution in [3.05, 3.63) is 23.3 Å². The third-order valence-corrected chi connectivity index (χ3v) is 8.27. The van der Waals surface area contributed by atoms with Crippen LogP contribution in [0.1, 0.15) is 115 Å². The zero-order chi connectivity index (χ0) is 38.9. The van der Waals surface area contributed by atoms with E-state index in [2.05, 4.69) is 16.0 Å². The van der Waals surface area contributed by atoms with Crippen LogP contribution in [0.2, 0.25) is 0 Å². The van der Waals surface area contributed by atoms with Gasteiger partial charge in [0.1, 0.15) is 5.60 Å². The van der Waals surface area contributed by atoms with Crippen LogP contribution in [0.25, 0.3) is 0 Å². The average molecular weight is 725 g/mol. The highest BCUT2D eigenvalue weighted by molar-refractivity contribution is 5.89. The van der Waals surface area contributed by atoms with Crippen molar-refractivity contribution >= 4 is 29.8 Å². The first-order valence-electron chi connectivity index (χ1n) is 18.3. The smallest absolute Gasteiger partial charge is 0.407 e. The highest BCUT2D eigenvalue weighted by atomic mass is 16.6. The molecule has 0 bridgehead atoms. The van der Waals surface area contributed by atoms with Gasteiger partial charge in [-0.25, -0.2) is 14.4 Å². The minimum absolute atomic E-state index is 0.0452. The lowest BCUT2D eigenvalue weighted by Crippen LogP contribution is -2.60. The summed E-state index contributed by atoms with van der Waals surface area (Å²) in [6.45, 7) is 20.3.